The second-order valence-corrected chi connectivity index (χ2v) is 2.86. The van der Waals surface area contributed by atoms with Gasteiger partial charge in [-0.15, -0.1) is 0 Å². The van der Waals surface area contributed by atoms with Crippen molar-refractivity contribution in [1.29, 1.82) is 0 Å². The first-order valence-corrected chi connectivity index (χ1v) is 3.62. The minimum Gasteiger partial charge on any atom is -0.481 e. The Bertz CT molecular complexity index is 271. The Balaban J connectivity index is 4.99. The molecular weight excluding hydrogens is 196 g/mol. The van der Waals surface area contributed by atoms with Crippen molar-refractivity contribution in [3.8, 4) is 0 Å². The van der Waals surface area contributed by atoms with E-state index in [1.807, 2.05) is 0 Å². The molecule has 0 saturated carbocycles. The van der Waals surface area contributed by atoms with E-state index in [-0.39, 0.29) is 0 Å². The Morgan fingerprint density at radius 1 is 1.21 bits per heavy atom. The fraction of sp³-hybridized carbons (Fsp3) is 0.571. The van der Waals surface area contributed by atoms with Crippen LogP contribution >= 0.6 is 0 Å². The third-order valence-electron chi connectivity index (χ3n) is 1.88. The van der Waals surface area contributed by atoms with E-state index < -0.39 is 35.8 Å². The molecule has 0 saturated heterocycles. The second kappa shape index (κ2) is 4.05. The molecule has 0 aromatic heterocycles. The molecule has 0 rings (SSSR count). The van der Waals surface area contributed by atoms with Gasteiger partial charge in [0.1, 0.15) is 0 Å². The molecule has 0 aliphatic heterocycles. The van der Waals surface area contributed by atoms with E-state index in [4.69, 9.17) is 15.3 Å². The summed E-state index contributed by atoms with van der Waals surface area (Å²) < 4.78 is 0. The van der Waals surface area contributed by atoms with Crippen LogP contribution in [-0.2, 0) is 14.4 Å². The molecule has 0 aliphatic rings. The van der Waals surface area contributed by atoms with Gasteiger partial charge in [-0.2, -0.15) is 0 Å². The summed E-state index contributed by atoms with van der Waals surface area (Å²) in [6, 6.07) is 0. The Morgan fingerprint density at radius 3 is 1.86 bits per heavy atom. The number of carbonyl (C=O) groups is 3. The molecule has 2 unspecified atom stereocenters. The van der Waals surface area contributed by atoms with Gasteiger partial charge >= 0.3 is 17.9 Å². The van der Waals surface area contributed by atoms with E-state index in [0.29, 0.717) is 0 Å². The van der Waals surface area contributed by atoms with Gasteiger partial charge in [0, 0.05) is 0 Å². The summed E-state index contributed by atoms with van der Waals surface area (Å²) in [4.78, 5) is 31.2. The summed E-state index contributed by atoms with van der Waals surface area (Å²) >= 11 is 0. The molecule has 80 valence electrons. The van der Waals surface area contributed by atoms with Crippen LogP contribution in [0.5, 0.6) is 0 Å². The molecule has 4 N–H and O–H groups in total. The average Bonchev–Trinajstić information content (AvgIpc) is 2.00. The Morgan fingerprint density at radius 2 is 1.64 bits per heavy atom. The van der Waals surface area contributed by atoms with Crippen LogP contribution in [-0.4, -0.2) is 43.9 Å². The largest absolute Gasteiger partial charge is 0.481 e. The van der Waals surface area contributed by atoms with E-state index in [0.717, 1.165) is 6.92 Å². The predicted octanol–water partition coefficient (Wildman–Crippen LogP) is -1.00. The van der Waals surface area contributed by atoms with Crippen molar-refractivity contribution in [3.63, 3.8) is 0 Å². The maximum atomic E-state index is 10.5. The van der Waals surface area contributed by atoms with E-state index in [1.54, 1.807) is 0 Å². The predicted molar refractivity (Wildman–Crippen MR) is 41.6 cm³/mol. The number of carboxylic acid groups (broad SMARTS) is 3. The fourth-order valence-electron chi connectivity index (χ4n) is 0.849. The molecule has 7 heteroatoms. The monoisotopic (exact) mass is 206 g/mol. The summed E-state index contributed by atoms with van der Waals surface area (Å²) in [5.41, 5.74) is -2.78. The molecule has 0 bridgehead atoms. The first kappa shape index (κ1) is 12.4. The lowest BCUT2D eigenvalue weighted by Crippen LogP contribution is -2.49. The van der Waals surface area contributed by atoms with Gasteiger partial charge in [0.25, 0.3) is 0 Å². The molecule has 7 nitrogen and oxygen atoms in total. The smallest absolute Gasteiger partial charge is 0.337 e. The van der Waals surface area contributed by atoms with E-state index in [9.17, 15) is 19.5 Å². The zero-order valence-electron chi connectivity index (χ0n) is 7.30. The Labute approximate surface area is 78.6 Å². The molecular formula is C7H10O7. The van der Waals surface area contributed by atoms with Crippen molar-refractivity contribution >= 4 is 17.9 Å². The summed E-state index contributed by atoms with van der Waals surface area (Å²) in [6.07, 6.45) is -1.16. The van der Waals surface area contributed by atoms with Gasteiger partial charge in [0.05, 0.1) is 12.3 Å². The third kappa shape index (κ3) is 2.43. The minimum atomic E-state index is -2.78. The summed E-state index contributed by atoms with van der Waals surface area (Å²) in [5, 5.41) is 34.6. The summed E-state index contributed by atoms with van der Waals surface area (Å²) in [5.74, 6) is -6.72. The highest BCUT2D eigenvalue weighted by Crippen LogP contribution is 2.22. The van der Waals surface area contributed by atoms with Gasteiger partial charge in [-0.05, 0) is 6.92 Å². The van der Waals surface area contributed by atoms with Crippen molar-refractivity contribution < 1.29 is 34.8 Å². The minimum absolute atomic E-state index is 0.930. The number of carboxylic acids is 3. The molecule has 0 aromatic rings. The molecule has 0 amide bonds. The molecule has 14 heavy (non-hydrogen) atoms. The summed E-state index contributed by atoms with van der Waals surface area (Å²) in [6.45, 7) is 0.930. The zero-order valence-corrected chi connectivity index (χ0v) is 7.30. The molecule has 0 aliphatic carbocycles. The lowest BCUT2D eigenvalue weighted by molar-refractivity contribution is -0.177. The van der Waals surface area contributed by atoms with Crippen molar-refractivity contribution in [2.24, 2.45) is 5.92 Å². The standard InChI is InChI=1S/C7H10O7/c1-3(5(10)11)7(14,6(12)13)2-4(8)9/h3,14H,2H2,1H3,(H,8,9)(H,10,11)(H,12,13). The Kier molecular flexibility index (Phi) is 3.58. The van der Waals surface area contributed by atoms with Gasteiger partial charge in [0.15, 0.2) is 5.60 Å². The molecule has 0 radical (unpaired) electrons. The highest BCUT2D eigenvalue weighted by Gasteiger charge is 2.47. The first-order valence-electron chi connectivity index (χ1n) is 3.62. The quantitative estimate of drug-likeness (QED) is 0.453. The van der Waals surface area contributed by atoms with Gasteiger partial charge in [-0.1, -0.05) is 0 Å². The number of hydrogen-bond acceptors (Lipinski definition) is 4. The van der Waals surface area contributed by atoms with Gasteiger partial charge in [0.2, 0.25) is 0 Å². The van der Waals surface area contributed by atoms with Crippen molar-refractivity contribution in [2.45, 2.75) is 18.9 Å². The highest BCUT2D eigenvalue weighted by molar-refractivity contribution is 5.89. The summed E-state index contributed by atoms with van der Waals surface area (Å²) in [7, 11) is 0. The van der Waals surface area contributed by atoms with Gasteiger partial charge in [-0.25, -0.2) is 4.79 Å². The van der Waals surface area contributed by atoms with E-state index >= 15 is 0 Å². The molecule has 0 aromatic carbocycles. The number of aliphatic hydroxyl groups is 1. The van der Waals surface area contributed by atoms with Crippen molar-refractivity contribution in [2.75, 3.05) is 0 Å². The normalized spacial score (nSPS) is 16.7. The zero-order chi connectivity index (χ0) is 11.5. The molecule has 0 heterocycles. The van der Waals surface area contributed by atoms with Crippen molar-refractivity contribution in [3.05, 3.63) is 0 Å². The van der Waals surface area contributed by atoms with E-state index in [1.165, 1.54) is 0 Å². The fourth-order valence-corrected chi connectivity index (χ4v) is 0.849. The average molecular weight is 206 g/mol. The number of rotatable bonds is 5. The van der Waals surface area contributed by atoms with Crippen LogP contribution in [0, 0.1) is 5.92 Å². The maximum Gasteiger partial charge on any atom is 0.337 e. The second-order valence-electron chi connectivity index (χ2n) is 2.86. The number of hydrogen-bond donors (Lipinski definition) is 4. The van der Waals surface area contributed by atoms with Crippen LogP contribution in [0.2, 0.25) is 0 Å². The maximum absolute atomic E-state index is 10.5. The highest BCUT2D eigenvalue weighted by atomic mass is 16.4. The molecule has 2 atom stereocenters. The first-order chi connectivity index (χ1) is 6.21. The van der Waals surface area contributed by atoms with Crippen LogP contribution in [0.1, 0.15) is 13.3 Å². The third-order valence-corrected chi connectivity index (χ3v) is 1.88. The van der Waals surface area contributed by atoms with Crippen LogP contribution in [0.3, 0.4) is 0 Å². The SMILES string of the molecule is CC(C(=O)O)C(O)(CC(=O)O)C(=O)O. The molecule has 0 fully saturated rings. The van der Waals surface area contributed by atoms with Gasteiger partial charge in [-0.3, -0.25) is 9.59 Å². The lowest BCUT2D eigenvalue weighted by atomic mass is 9.86. The topological polar surface area (TPSA) is 132 Å². The number of aliphatic carboxylic acids is 3. The Hall–Kier alpha value is -1.63. The van der Waals surface area contributed by atoms with Gasteiger partial charge < -0.3 is 20.4 Å². The van der Waals surface area contributed by atoms with E-state index in [2.05, 4.69) is 0 Å². The van der Waals surface area contributed by atoms with Crippen molar-refractivity contribution in [1.82, 2.24) is 0 Å². The van der Waals surface area contributed by atoms with Crippen LogP contribution in [0.4, 0.5) is 0 Å². The lowest BCUT2D eigenvalue weighted by Gasteiger charge is -2.25. The van der Waals surface area contributed by atoms with Crippen LogP contribution in [0.25, 0.3) is 0 Å². The molecule has 0 spiro atoms. The van der Waals surface area contributed by atoms with Crippen LogP contribution < -0.4 is 0 Å². The van der Waals surface area contributed by atoms with Crippen LogP contribution in [0.15, 0.2) is 0 Å².